The van der Waals surface area contributed by atoms with Gasteiger partial charge in [0, 0.05) is 12.3 Å². The summed E-state index contributed by atoms with van der Waals surface area (Å²) in [6, 6.07) is 23.0. The molecule has 0 unspecified atom stereocenters. The van der Waals surface area contributed by atoms with Gasteiger partial charge in [-0.15, -0.1) is 0 Å². The number of hydrogen-bond acceptors (Lipinski definition) is 4. The van der Waals surface area contributed by atoms with Crippen LogP contribution in [0, 0.1) is 0 Å². The Morgan fingerprint density at radius 3 is 1.70 bits per heavy atom. The molecular weight excluding hydrogens is 290 g/mol. The maximum absolute atomic E-state index is 5.58. The van der Waals surface area contributed by atoms with Crippen molar-refractivity contribution in [2.45, 2.75) is 0 Å². The molecule has 0 fully saturated rings. The molecule has 0 aliphatic rings. The zero-order valence-corrected chi connectivity index (χ0v) is 13.2. The average Bonchev–Trinajstić information content (AvgIpc) is 2.64. The van der Waals surface area contributed by atoms with Gasteiger partial charge in [0.25, 0.3) is 0 Å². The molecule has 118 valence electrons. The molecule has 3 rings (SSSR count). The second-order valence-corrected chi connectivity index (χ2v) is 4.47. The van der Waals surface area contributed by atoms with E-state index in [0.29, 0.717) is 5.88 Å². The van der Waals surface area contributed by atoms with Crippen molar-refractivity contribution < 1.29 is 14.2 Å². The smallest absolute Gasteiger partial charge is 0.216 e. The number of pyridine rings is 1. The van der Waals surface area contributed by atoms with Crippen LogP contribution in [0.25, 0.3) is 0 Å². The maximum atomic E-state index is 5.58. The predicted molar refractivity (Wildman–Crippen MR) is 90.3 cm³/mol. The van der Waals surface area contributed by atoms with E-state index in [2.05, 4.69) is 4.98 Å². The summed E-state index contributed by atoms with van der Waals surface area (Å²) in [5, 5.41) is 0. The lowest BCUT2D eigenvalue weighted by Crippen LogP contribution is -1.88. The fraction of sp³-hybridized carbons (Fsp3) is 0.105. The second kappa shape index (κ2) is 9.10. The Labute approximate surface area is 136 Å². The Kier molecular flexibility index (Phi) is 6.47. The molecule has 1 aromatic heterocycles. The molecule has 0 aliphatic heterocycles. The van der Waals surface area contributed by atoms with Gasteiger partial charge in [-0.25, -0.2) is 4.98 Å². The molecule has 0 bridgehead atoms. The van der Waals surface area contributed by atoms with E-state index in [-0.39, 0.29) is 0 Å². The molecule has 0 aliphatic carbocycles. The van der Waals surface area contributed by atoms with Gasteiger partial charge in [0.15, 0.2) is 0 Å². The minimum atomic E-state index is 0.569. The summed E-state index contributed by atoms with van der Waals surface area (Å²) in [5.74, 6) is 3.06. The van der Waals surface area contributed by atoms with E-state index >= 15 is 0 Å². The van der Waals surface area contributed by atoms with E-state index in [0.717, 1.165) is 17.2 Å². The molecule has 0 saturated carbocycles. The van der Waals surface area contributed by atoms with Crippen LogP contribution >= 0.6 is 0 Å². The number of hydrogen-bond donors (Lipinski definition) is 0. The van der Waals surface area contributed by atoms with Crippen molar-refractivity contribution in [3.8, 4) is 23.1 Å². The van der Waals surface area contributed by atoms with E-state index in [1.165, 1.54) is 0 Å². The summed E-state index contributed by atoms with van der Waals surface area (Å²) in [6.45, 7) is 0. The van der Waals surface area contributed by atoms with Gasteiger partial charge < -0.3 is 14.2 Å². The zero-order chi connectivity index (χ0) is 16.3. The molecule has 4 heteroatoms. The van der Waals surface area contributed by atoms with E-state index in [1.807, 2.05) is 60.7 Å². The normalized spacial score (nSPS) is 9.30. The zero-order valence-electron chi connectivity index (χ0n) is 13.2. The van der Waals surface area contributed by atoms with Gasteiger partial charge in [0.05, 0.1) is 14.2 Å². The van der Waals surface area contributed by atoms with Gasteiger partial charge in [0.1, 0.15) is 17.2 Å². The van der Waals surface area contributed by atoms with Gasteiger partial charge in [0.2, 0.25) is 5.88 Å². The van der Waals surface area contributed by atoms with E-state index in [4.69, 9.17) is 14.2 Å². The summed E-state index contributed by atoms with van der Waals surface area (Å²) >= 11 is 0. The minimum Gasteiger partial charge on any atom is -0.497 e. The SMILES string of the molecule is COc1ccnc(OC)c1.c1ccc(Oc2ccccc2)cc1. The molecule has 0 amide bonds. The Morgan fingerprint density at radius 2 is 1.22 bits per heavy atom. The molecule has 0 N–H and O–H groups in total. The van der Waals surface area contributed by atoms with Crippen LogP contribution in [-0.4, -0.2) is 19.2 Å². The van der Waals surface area contributed by atoms with Crippen LogP contribution in [0.3, 0.4) is 0 Å². The van der Waals surface area contributed by atoms with Crippen molar-refractivity contribution in [1.82, 2.24) is 4.98 Å². The first-order valence-corrected chi connectivity index (χ1v) is 7.14. The monoisotopic (exact) mass is 309 g/mol. The number of nitrogens with zero attached hydrogens (tertiary/aromatic N) is 1. The summed E-state index contributed by atoms with van der Waals surface area (Å²) in [5.41, 5.74) is 0. The molecule has 2 aromatic carbocycles. The number of benzene rings is 2. The minimum absolute atomic E-state index is 0.569. The quantitative estimate of drug-likeness (QED) is 0.707. The highest BCUT2D eigenvalue weighted by atomic mass is 16.5. The first kappa shape index (κ1) is 16.4. The molecule has 3 aromatic rings. The molecule has 23 heavy (non-hydrogen) atoms. The summed E-state index contributed by atoms with van der Waals surface area (Å²) in [6.07, 6.45) is 1.64. The number of rotatable bonds is 4. The van der Waals surface area contributed by atoms with Gasteiger partial charge >= 0.3 is 0 Å². The predicted octanol–water partition coefficient (Wildman–Crippen LogP) is 4.58. The van der Waals surface area contributed by atoms with Crippen LogP contribution in [0.1, 0.15) is 0 Å². The Balaban J connectivity index is 0.000000174. The Hall–Kier alpha value is -3.01. The standard InChI is InChI=1S/C12H10O.C7H9NO2/c1-3-7-11(8-4-1)13-12-9-5-2-6-10-12;1-9-6-3-4-8-7(5-6)10-2/h1-10H;3-5H,1-2H3. The van der Waals surface area contributed by atoms with E-state index in [9.17, 15) is 0 Å². The highest BCUT2D eigenvalue weighted by Gasteiger charge is 1.93. The van der Waals surface area contributed by atoms with E-state index in [1.54, 1.807) is 32.5 Å². The van der Waals surface area contributed by atoms with Gasteiger partial charge in [-0.1, -0.05) is 36.4 Å². The van der Waals surface area contributed by atoms with Gasteiger partial charge in [-0.05, 0) is 30.3 Å². The fourth-order valence-corrected chi connectivity index (χ4v) is 1.74. The second-order valence-electron chi connectivity index (χ2n) is 4.47. The third-order valence-corrected chi connectivity index (χ3v) is 2.87. The molecule has 4 nitrogen and oxygen atoms in total. The van der Waals surface area contributed by atoms with Gasteiger partial charge in [-0.3, -0.25) is 0 Å². The van der Waals surface area contributed by atoms with Crippen LogP contribution < -0.4 is 14.2 Å². The van der Waals surface area contributed by atoms with Gasteiger partial charge in [-0.2, -0.15) is 0 Å². The summed E-state index contributed by atoms with van der Waals surface area (Å²) < 4.78 is 15.4. The number of methoxy groups -OCH3 is 2. The van der Waals surface area contributed by atoms with Crippen molar-refractivity contribution in [1.29, 1.82) is 0 Å². The fourth-order valence-electron chi connectivity index (χ4n) is 1.74. The van der Waals surface area contributed by atoms with Crippen molar-refractivity contribution in [2.24, 2.45) is 0 Å². The summed E-state index contributed by atoms with van der Waals surface area (Å²) in [4.78, 5) is 3.90. The van der Waals surface area contributed by atoms with Crippen molar-refractivity contribution >= 4 is 0 Å². The first-order valence-electron chi connectivity index (χ1n) is 7.14. The molecule has 0 spiro atoms. The highest BCUT2D eigenvalue weighted by Crippen LogP contribution is 2.19. The molecular formula is C19H19NO3. The molecule has 0 atom stereocenters. The van der Waals surface area contributed by atoms with Crippen LogP contribution in [0.2, 0.25) is 0 Å². The van der Waals surface area contributed by atoms with Crippen molar-refractivity contribution in [2.75, 3.05) is 14.2 Å². The lowest BCUT2D eigenvalue weighted by Gasteiger charge is -2.03. The molecule has 0 radical (unpaired) electrons. The van der Waals surface area contributed by atoms with E-state index < -0.39 is 0 Å². The van der Waals surface area contributed by atoms with Crippen molar-refractivity contribution in [3.05, 3.63) is 79.0 Å². The number of aromatic nitrogens is 1. The van der Waals surface area contributed by atoms with Crippen LogP contribution in [-0.2, 0) is 0 Å². The summed E-state index contributed by atoms with van der Waals surface area (Å²) in [7, 11) is 3.18. The van der Waals surface area contributed by atoms with Crippen LogP contribution in [0.5, 0.6) is 23.1 Å². The lowest BCUT2D eigenvalue weighted by atomic mass is 10.3. The molecule has 1 heterocycles. The topological polar surface area (TPSA) is 40.6 Å². The van der Waals surface area contributed by atoms with Crippen molar-refractivity contribution in [3.63, 3.8) is 0 Å². The lowest BCUT2D eigenvalue weighted by molar-refractivity contribution is 0.382. The largest absolute Gasteiger partial charge is 0.497 e. The third kappa shape index (κ3) is 5.71. The van der Waals surface area contributed by atoms with Crippen LogP contribution in [0.15, 0.2) is 79.0 Å². The number of ether oxygens (including phenoxy) is 3. The first-order chi connectivity index (χ1) is 11.3. The maximum Gasteiger partial charge on any atom is 0.216 e. The highest BCUT2D eigenvalue weighted by molar-refractivity contribution is 5.30. The number of para-hydroxylation sites is 2. The molecule has 0 saturated heterocycles. The Morgan fingerprint density at radius 1 is 0.652 bits per heavy atom. The average molecular weight is 309 g/mol. The Bertz CT molecular complexity index is 630. The third-order valence-electron chi connectivity index (χ3n) is 2.87. The van der Waals surface area contributed by atoms with Crippen LogP contribution in [0.4, 0.5) is 0 Å².